The van der Waals surface area contributed by atoms with Gasteiger partial charge in [0.1, 0.15) is 0 Å². The first kappa shape index (κ1) is 13.1. The average molecular weight is 222 g/mol. The van der Waals surface area contributed by atoms with Crippen LogP contribution >= 0.6 is 0 Å². The lowest BCUT2D eigenvalue weighted by Crippen LogP contribution is -2.23. The van der Waals surface area contributed by atoms with Crippen molar-refractivity contribution < 1.29 is 22.1 Å². The molecule has 0 aromatic carbocycles. The first-order valence-corrected chi connectivity index (χ1v) is 5.62. The number of carbonyl (C=O) groups excluding carboxylic acids is 1. The fraction of sp³-hybridized carbons (Fsp3) is 0.625. The van der Waals surface area contributed by atoms with E-state index in [0.29, 0.717) is 0 Å². The fourth-order valence-electron chi connectivity index (χ4n) is 0.635. The minimum absolute atomic E-state index is 0.142. The Balaban J connectivity index is 4.09. The summed E-state index contributed by atoms with van der Waals surface area (Å²) in [7, 11) is -3.83. The molecule has 0 unspecified atom stereocenters. The number of hydrogen-bond acceptors (Lipinski definition) is 5. The number of carbonyl (C=O) groups is 1. The molecular formula is C8H14O5S. The van der Waals surface area contributed by atoms with Crippen molar-refractivity contribution in [2.24, 2.45) is 0 Å². The fourth-order valence-corrected chi connectivity index (χ4v) is 1.38. The summed E-state index contributed by atoms with van der Waals surface area (Å²) in [6.07, 6.45) is 0.947. The van der Waals surface area contributed by atoms with E-state index in [4.69, 9.17) is 0 Å². The van der Waals surface area contributed by atoms with Gasteiger partial charge in [0, 0.05) is 0 Å². The summed E-state index contributed by atoms with van der Waals surface area (Å²) in [5.74, 6) is -1.58. The van der Waals surface area contributed by atoms with Crippen LogP contribution in [0.3, 0.4) is 0 Å². The summed E-state index contributed by atoms with van der Waals surface area (Å²) in [6, 6.07) is 0. The molecular weight excluding hydrogens is 208 g/mol. The van der Waals surface area contributed by atoms with Gasteiger partial charge < -0.3 is 4.74 Å². The van der Waals surface area contributed by atoms with Crippen LogP contribution < -0.4 is 0 Å². The molecule has 0 aromatic heterocycles. The SMILES string of the molecule is C=CCOS(=O)(=O)CC(=O)OC(C)C. The Morgan fingerprint density at radius 1 is 1.50 bits per heavy atom. The van der Waals surface area contributed by atoms with Crippen molar-refractivity contribution in [3.05, 3.63) is 12.7 Å². The first-order chi connectivity index (χ1) is 6.37. The molecule has 0 bridgehead atoms. The highest BCUT2D eigenvalue weighted by atomic mass is 32.2. The minimum Gasteiger partial charge on any atom is -0.462 e. The van der Waals surface area contributed by atoms with E-state index >= 15 is 0 Å². The van der Waals surface area contributed by atoms with Crippen LogP contribution in [0.5, 0.6) is 0 Å². The Labute approximate surface area is 83.8 Å². The summed E-state index contributed by atoms with van der Waals surface area (Å²) in [6.45, 7) is 6.41. The molecule has 0 amide bonds. The molecule has 0 aromatic rings. The van der Waals surface area contributed by atoms with Crippen molar-refractivity contribution in [2.45, 2.75) is 20.0 Å². The maximum absolute atomic E-state index is 11.0. The van der Waals surface area contributed by atoms with Gasteiger partial charge in [0.05, 0.1) is 12.7 Å². The zero-order chi connectivity index (χ0) is 11.2. The predicted molar refractivity (Wildman–Crippen MR) is 51.2 cm³/mol. The highest BCUT2D eigenvalue weighted by Crippen LogP contribution is 1.97. The van der Waals surface area contributed by atoms with Crippen molar-refractivity contribution >= 4 is 16.1 Å². The van der Waals surface area contributed by atoms with Crippen molar-refractivity contribution in [2.75, 3.05) is 12.4 Å². The predicted octanol–water partition coefficient (Wildman–Crippen LogP) is 0.470. The molecule has 0 aliphatic carbocycles. The van der Waals surface area contributed by atoms with Gasteiger partial charge in [-0.15, -0.1) is 6.58 Å². The average Bonchev–Trinajstić information content (AvgIpc) is 1.98. The highest BCUT2D eigenvalue weighted by molar-refractivity contribution is 7.87. The third-order valence-corrected chi connectivity index (χ3v) is 2.11. The van der Waals surface area contributed by atoms with Crippen molar-refractivity contribution in [1.82, 2.24) is 0 Å². The van der Waals surface area contributed by atoms with Gasteiger partial charge in [0.15, 0.2) is 5.75 Å². The van der Waals surface area contributed by atoms with Gasteiger partial charge >= 0.3 is 5.97 Å². The van der Waals surface area contributed by atoms with E-state index in [-0.39, 0.29) is 12.7 Å². The summed E-state index contributed by atoms with van der Waals surface area (Å²) in [4.78, 5) is 10.9. The molecule has 0 spiro atoms. The number of esters is 1. The summed E-state index contributed by atoms with van der Waals surface area (Å²) >= 11 is 0. The van der Waals surface area contributed by atoms with E-state index in [9.17, 15) is 13.2 Å². The smallest absolute Gasteiger partial charge is 0.323 e. The molecule has 82 valence electrons. The van der Waals surface area contributed by atoms with E-state index in [1.54, 1.807) is 13.8 Å². The summed E-state index contributed by atoms with van der Waals surface area (Å²) in [5.41, 5.74) is 0. The second kappa shape index (κ2) is 5.77. The molecule has 0 radical (unpaired) electrons. The van der Waals surface area contributed by atoms with Crippen molar-refractivity contribution in [3.63, 3.8) is 0 Å². The van der Waals surface area contributed by atoms with Gasteiger partial charge in [-0.25, -0.2) is 0 Å². The Morgan fingerprint density at radius 2 is 2.07 bits per heavy atom. The van der Waals surface area contributed by atoms with E-state index < -0.39 is 21.8 Å². The molecule has 14 heavy (non-hydrogen) atoms. The van der Waals surface area contributed by atoms with Crippen molar-refractivity contribution in [1.29, 1.82) is 0 Å². The van der Waals surface area contributed by atoms with Crippen LogP contribution in [0, 0.1) is 0 Å². The normalized spacial score (nSPS) is 11.4. The number of ether oxygens (including phenoxy) is 1. The zero-order valence-electron chi connectivity index (χ0n) is 8.23. The Morgan fingerprint density at radius 3 is 2.50 bits per heavy atom. The summed E-state index contributed by atoms with van der Waals surface area (Å²) < 4.78 is 31.0. The molecule has 6 heteroatoms. The molecule has 0 saturated carbocycles. The van der Waals surface area contributed by atoms with E-state index in [2.05, 4.69) is 15.5 Å². The monoisotopic (exact) mass is 222 g/mol. The van der Waals surface area contributed by atoms with Crippen LogP contribution in [0.25, 0.3) is 0 Å². The van der Waals surface area contributed by atoms with Gasteiger partial charge in [-0.05, 0) is 13.8 Å². The van der Waals surface area contributed by atoms with E-state index in [0.717, 1.165) is 0 Å². The lowest BCUT2D eigenvalue weighted by molar-refractivity contribution is -0.144. The summed E-state index contributed by atoms with van der Waals surface area (Å²) in [5, 5.41) is 0. The van der Waals surface area contributed by atoms with Crippen LogP contribution in [0.1, 0.15) is 13.8 Å². The second-order valence-corrected chi connectivity index (χ2v) is 4.45. The van der Waals surface area contributed by atoms with E-state index in [1.807, 2.05) is 0 Å². The standard InChI is InChI=1S/C8H14O5S/c1-4-5-12-14(10,11)6-8(9)13-7(2)3/h4,7H,1,5-6H2,2-3H3. The molecule has 0 N–H and O–H groups in total. The molecule has 0 saturated heterocycles. The van der Waals surface area contributed by atoms with Crippen LogP contribution in [0.15, 0.2) is 12.7 Å². The van der Waals surface area contributed by atoms with Crippen LogP contribution in [-0.2, 0) is 23.8 Å². The maximum atomic E-state index is 11.0. The van der Waals surface area contributed by atoms with Crippen molar-refractivity contribution in [3.8, 4) is 0 Å². The molecule has 0 heterocycles. The zero-order valence-corrected chi connectivity index (χ0v) is 9.04. The Kier molecular flexibility index (Phi) is 5.40. The van der Waals surface area contributed by atoms with Gasteiger partial charge in [0.2, 0.25) is 0 Å². The highest BCUT2D eigenvalue weighted by Gasteiger charge is 2.18. The maximum Gasteiger partial charge on any atom is 0.323 e. The molecule has 0 fully saturated rings. The largest absolute Gasteiger partial charge is 0.462 e. The Bertz CT molecular complexity index is 291. The molecule has 0 aliphatic rings. The molecule has 0 aliphatic heterocycles. The van der Waals surface area contributed by atoms with Crippen LogP contribution in [0.4, 0.5) is 0 Å². The molecule has 0 rings (SSSR count). The third-order valence-electron chi connectivity index (χ3n) is 1.03. The van der Waals surface area contributed by atoms with Gasteiger partial charge in [-0.3, -0.25) is 8.98 Å². The van der Waals surface area contributed by atoms with E-state index in [1.165, 1.54) is 6.08 Å². The molecule has 5 nitrogen and oxygen atoms in total. The van der Waals surface area contributed by atoms with Gasteiger partial charge in [0.25, 0.3) is 10.1 Å². The van der Waals surface area contributed by atoms with Gasteiger partial charge in [-0.2, -0.15) is 8.42 Å². The molecule has 0 atom stereocenters. The lowest BCUT2D eigenvalue weighted by Gasteiger charge is -2.07. The number of rotatable bonds is 6. The minimum atomic E-state index is -3.83. The van der Waals surface area contributed by atoms with Crippen LogP contribution in [-0.4, -0.2) is 32.9 Å². The quantitative estimate of drug-likeness (QED) is 0.371. The number of hydrogen-bond donors (Lipinski definition) is 0. The second-order valence-electron chi connectivity index (χ2n) is 2.81. The first-order valence-electron chi connectivity index (χ1n) is 4.05. The Hall–Kier alpha value is -0.880. The third kappa shape index (κ3) is 6.62. The topological polar surface area (TPSA) is 69.7 Å². The van der Waals surface area contributed by atoms with Gasteiger partial charge in [-0.1, -0.05) is 6.08 Å². The lowest BCUT2D eigenvalue weighted by atomic mass is 10.5. The van der Waals surface area contributed by atoms with Crippen LogP contribution in [0.2, 0.25) is 0 Å².